The molecule has 0 bridgehead atoms. The molecule has 0 aromatic heterocycles. The lowest BCUT2D eigenvalue weighted by Crippen LogP contribution is -2.32. The molecule has 7 nitrogen and oxygen atoms in total. The van der Waals surface area contributed by atoms with Crippen LogP contribution < -0.4 is 10.6 Å². The van der Waals surface area contributed by atoms with Gasteiger partial charge in [0.25, 0.3) is 5.69 Å². The molecule has 122 valence electrons. The first kappa shape index (κ1) is 17.1. The Morgan fingerprint density at radius 3 is 2.46 bits per heavy atom. The predicted molar refractivity (Wildman–Crippen MR) is 94.6 cm³/mol. The van der Waals surface area contributed by atoms with Crippen molar-refractivity contribution in [1.29, 1.82) is 0 Å². The number of phenols is 1. The van der Waals surface area contributed by atoms with Crippen LogP contribution in [0.4, 0.5) is 11.4 Å². The molecule has 0 spiro atoms. The van der Waals surface area contributed by atoms with Crippen molar-refractivity contribution in [2.45, 2.75) is 0 Å². The van der Waals surface area contributed by atoms with Crippen LogP contribution in [0.2, 0.25) is 0 Å². The van der Waals surface area contributed by atoms with Gasteiger partial charge in [0, 0.05) is 18.2 Å². The van der Waals surface area contributed by atoms with Gasteiger partial charge in [-0.1, -0.05) is 12.1 Å². The molecule has 2 rings (SSSR count). The molecule has 2 aromatic carbocycles. The first-order valence-corrected chi connectivity index (χ1v) is 7.19. The Labute approximate surface area is 142 Å². The second-order valence-electron chi connectivity index (χ2n) is 4.64. The van der Waals surface area contributed by atoms with Crippen LogP contribution in [0.3, 0.4) is 0 Å². The quantitative estimate of drug-likeness (QED) is 0.259. The minimum absolute atomic E-state index is 0.00974. The highest BCUT2D eigenvalue weighted by Gasteiger charge is 2.05. The average molecular weight is 343 g/mol. The van der Waals surface area contributed by atoms with Crippen LogP contribution >= 0.6 is 12.2 Å². The summed E-state index contributed by atoms with van der Waals surface area (Å²) in [5.41, 5.74) is 0.988. The molecule has 0 saturated carbocycles. The molecule has 1 amide bonds. The monoisotopic (exact) mass is 343 g/mol. The van der Waals surface area contributed by atoms with Crippen LogP contribution in [-0.4, -0.2) is 21.0 Å². The number of hydrogen-bond acceptors (Lipinski definition) is 5. The number of carbonyl (C=O) groups excluding carboxylic acids is 1. The van der Waals surface area contributed by atoms with Gasteiger partial charge in [0.1, 0.15) is 5.75 Å². The lowest BCUT2D eigenvalue weighted by atomic mass is 10.2. The van der Waals surface area contributed by atoms with Crippen LogP contribution in [0, 0.1) is 10.1 Å². The van der Waals surface area contributed by atoms with E-state index in [0.717, 1.165) is 0 Å². The lowest BCUT2D eigenvalue weighted by molar-refractivity contribution is -0.384. The number of non-ortho nitro benzene ring substituents is 1. The fourth-order valence-corrected chi connectivity index (χ4v) is 1.98. The van der Waals surface area contributed by atoms with E-state index in [2.05, 4.69) is 10.6 Å². The number of benzene rings is 2. The molecule has 0 aliphatic rings. The minimum Gasteiger partial charge on any atom is -0.506 e. The van der Waals surface area contributed by atoms with Crippen LogP contribution in [0.15, 0.2) is 54.6 Å². The van der Waals surface area contributed by atoms with E-state index < -0.39 is 10.8 Å². The van der Waals surface area contributed by atoms with E-state index in [-0.39, 0.29) is 16.5 Å². The number of anilines is 1. The summed E-state index contributed by atoms with van der Waals surface area (Å²) in [6, 6.07) is 12.2. The smallest absolute Gasteiger partial charge is 0.269 e. The van der Waals surface area contributed by atoms with Crippen LogP contribution in [0.5, 0.6) is 5.75 Å². The van der Waals surface area contributed by atoms with Gasteiger partial charge < -0.3 is 10.4 Å². The van der Waals surface area contributed by atoms with E-state index in [1.165, 1.54) is 42.5 Å². The maximum absolute atomic E-state index is 11.8. The summed E-state index contributed by atoms with van der Waals surface area (Å²) < 4.78 is 0. The van der Waals surface area contributed by atoms with Crippen molar-refractivity contribution >= 4 is 40.7 Å². The average Bonchev–Trinajstić information content (AvgIpc) is 2.55. The van der Waals surface area contributed by atoms with E-state index in [1.807, 2.05) is 0 Å². The molecule has 3 N–H and O–H groups in total. The summed E-state index contributed by atoms with van der Waals surface area (Å²) >= 11 is 4.99. The molecule has 0 aliphatic carbocycles. The van der Waals surface area contributed by atoms with Crippen LogP contribution in [0.25, 0.3) is 6.08 Å². The maximum Gasteiger partial charge on any atom is 0.269 e. The van der Waals surface area contributed by atoms with E-state index in [0.29, 0.717) is 11.3 Å². The fourth-order valence-electron chi connectivity index (χ4n) is 1.77. The normalized spacial score (nSPS) is 10.3. The van der Waals surface area contributed by atoms with Crippen LogP contribution in [0.1, 0.15) is 5.56 Å². The van der Waals surface area contributed by atoms with Crippen molar-refractivity contribution in [3.05, 3.63) is 70.3 Å². The Balaban J connectivity index is 1.91. The molecule has 0 radical (unpaired) electrons. The molecule has 0 fully saturated rings. The Morgan fingerprint density at radius 1 is 1.17 bits per heavy atom. The molecule has 2 aromatic rings. The third kappa shape index (κ3) is 4.89. The van der Waals surface area contributed by atoms with Crippen molar-refractivity contribution in [2.24, 2.45) is 0 Å². The summed E-state index contributed by atoms with van der Waals surface area (Å²) in [5, 5.41) is 25.3. The number of rotatable bonds is 4. The highest BCUT2D eigenvalue weighted by atomic mass is 32.1. The van der Waals surface area contributed by atoms with E-state index >= 15 is 0 Å². The molecular formula is C16H13N3O4S. The van der Waals surface area contributed by atoms with Gasteiger partial charge in [0.05, 0.1) is 10.6 Å². The van der Waals surface area contributed by atoms with Gasteiger partial charge >= 0.3 is 0 Å². The fraction of sp³-hybridized carbons (Fsp3) is 0. The zero-order chi connectivity index (χ0) is 17.5. The van der Waals surface area contributed by atoms with E-state index in [9.17, 15) is 20.0 Å². The molecular weight excluding hydrogens is 330 g/mol. The summed E-state index contributed by atoms with van der Waals surface area (Å²) in [6.07, 6.45) is 2.75. The number of phenolic OH excluding ortho intramolecular Hbond substituents is 1. The maximum atomic E-state index is 11.8. The van der Waals surface area contributed by atoms with Gasteiger partial charge in [-0.15, -0.1) is 0 Å². The number of nitrogens with zero attached hydrogens (tertiary/aromatic N) is 1. The molecule has 24 heavy (non-hydrogen) atoms. The number of carbonyl (C=O) groups is 1. The number of nitro benzene ring substituents is 1. The van der Waals surface area contributed by atoms with Crippen molar-refractivity contribution in [3.8, 4) is 5.75 Å². The molecule has 0 saturated heterocycles. The third-order valence-corrected chi connectivity index (χ3v) is 3.12. The number of aromatic hydroxyl groups is 1. The summed E-state index contributed by atoms with van der Waals surface area (Å²) in [4.78, 5) is 21.8. The predicted octanol–water partition coefficient (Wildman–Crippen LogP) is 2.83. The Morgan fingerprint density at radius 2 is 1.83 bits per heavy atom. The standard InChI is InChI=1S/C16H13N3O4S/c20-14-4-2-1-3-13(14)17-16(24)18-15(21)10-7-11-5-8-12(9-6-11)19(22)23/h1-10,20H,(H2,17,18,21,24)/b10-7+. The highest BCUT2D eigenvalue weighted by Crippen LogP contribution is 2.21. The van der Waals surface area contributed by atoms with Crippen molar-refractivity contribution < 1.29 is 14.8 Å². The number of nitro groups is 1. The Kier molecular flexibility index (Phi) is 5.58. The zero-order valence-corrected chi connectivity index (χ0v) is 13.1. The number of thiocarbonyl (C=S) groups is 1. The van der Waals surface area contributed by atoms with E-state index in [4.69, 9.17) is 12.2 Å². The van der Waals surface area contributed by atoms with Crippen LogP contribution in [-0.2, 0) is 4.79 Å². The van der Waals surface area contributed by atoms with Gasteiger partial charge in [-0.25, -0.2) is 0 Å². The summed E-state index contributed by atoms with van der Waals surface area (Å²) in [6.45, 7) is 0. The van der Waals surface area contributed by atoms with Gasteiger partial charge in [-0.3, -0.25) is 20.2 Å². The second kappa shape index (κ2) is 7.84. The largest absolute Gasteiger partial charge is 0.506 e. The first-order chi connectivity index (χ1) is 11.5. The molecule has 0 heterocycles. The molecule has 0 atom stereocenters. The molecule has 0 unspecified atom stereocenters. The number of nitrogens with one attached hydrogen (secondary N) is 2. The SMILES string of the molecule is O=C(/C=C/c1ccc([N+](=O)[O-])cc1)NC(=S)Nc1ccccc1O. The van der Waals surface area contributed by atoms with Gasteiger partial charge in [0.15, 0.2) is 5.11 Å². The summed E-state index contributed by atoms with van der Waals surface area (Å²) in [7, 11) is 0. The molecule has 8 heteroatoms. The van der Waals surface area contributed by atoms with Crippen molar-refractivity contribution in [2.75, 3.05) is 5.32 Å². The van der Waals surface area contributed by atoms with Crippen molar-refractivity contribution in [1.82, 2.24) is 5.32 Å². The third-order valence-electron chi connectivity index (χ3n) is 2.92. The number of amides is 1. The number of para-hydroxylation sites is 2. The van der Waals surface area contributed by atoms with Crippen molar-refractivity contribution in [3.63, 3.8) is 0 Å². The van der Waals surface area contributed by atoms with E-state index in [1.54, 1.807) is 18.2 Å². The van der Waals surface area contributed by atoms with Gasteiger partial charge in [0.2, 0.25) is 5.91 Å². The topological polar surface area (TPSA) is 104 Å². The Bertz CT molecular complexity index is 803. The second-order valence-corrected chi connectivity index (χ2v) is 5.05. The molecule has 0 aliphatic heterocycles. The lowest BCUT2D eigenvalue weighted by Gasteiger charge is -2.09. The minimum atomic E-state index is -0.497. The number of hydrogen-bond donors (Lipinski definition) is 3. The first-order valence-electron chi connectivity index (χ1n) is 6.78. The van der Waals surface area contributed by atoms with Gasteiger partial charge in [-0.2, -0.15) is 0 Å². The summed E-state index contributed by atoms with van der Waals surface area (Å²) in [5.74, 6) is -0.461. The Hall–Kier alpha value is -3.26. The highest BCUT2D eigenvalue weighted by molar-refractivity contribution is 7.80. The van der Waals surface area contributed by atoms with Gasteiger partial charge in [-0.05, 0) is 48.1 Å². The zero-order valence-electron chi connectivity index (χ0n) is 12.3.